The summed E-state index contributed by atoms with van der Waals surface area (Å²) in [6.07, 6.45) is 7.18. The maximum Gasteiger partial charge on any atom is 0.323 e. The zero-order valence-corrected chi connectivity index (χ0v) is 10.3. The molecule has 0 aliphatic carbocycles. The zero-order chi connectivity index (χ0) is 12.8. The molecule has 0 aromatic carbocycles. The normalized spacial score (nSPS) is 19.0. The van der Waals surface area contributed by atoms with Gasteiger partial charge in [-0.1, -0.05) is 0 Å². The molecule has 1 saturated heterocycles. The second-order valence-corrected chi connectivity index (χ2v) is 4.54. The number of aromatic amines is 2. The first-order valence-corrected chi connectivity index (χ1v) is 6.43. The van der Waals surface area contributed by atoms with Crippen molar-refractivity contribution in [1.29, 1.82) is 0 Å². The Morgan fingerprint density at radius 1 is 1.50 bits per heavy atom. The molecule has 1 aliphatic heterocycles. The van der Waals surface area contributed by atoms with Crippen LogP contribution in [0.3, 0.4) is 0 Å². The molecule has 0 unspecified atom stereocenters. The van der Waals surface area contributed by atoms with E-state index < -0.39 is 0 Å². The van der Waals surface area contributed by atoms with Gasteiger partial charge in [0, 0.05) is 19.3 Å². The fourth-order valence-corrected chi connectivity index (χ4v) is 2.12. The van der Waals surface area contributed by atoms with Crippen LogP contribution < -0.4 is 11.0 Å². The van der Waals surface area contributed by atoms with E-state index in [2.05, 4.69) is 15.3 Å². The largest absolute Gasteiger partial charge is 0.378 e. The van der Waals surface area contributed by atoms with Gasteiger partial charge in [0.1, 0.15) is 5.69 Å². The van der Waals surface area contributed by atoms with Crippen molar-refractivity contribution >= 4 is 5.91 Å². The number of hydrogen-bond donors (Lipinski definition) is 3. The van der Waals surface area contributed by atoms with Crippen LogP contribution in [-0.2, 0) is 4.74 Å². The quantitative estimate of drug-likeness (QED) is 0.655. The summed E-state index contributed by atoms with van der Waals surface area (Å²) in [6, 6.07) is 0. The number of carbonyl (C=O) groups is 1. The van der Waals surface area contributed by atoms with E-state index >= 15 is 0 Å². The molecule has 1 amide bonds. The molecule has 0 spiro atoms. The van der Waals surface area contributed by atoms with E-state index in [1.165, 1.54) is 12.6 Å². The van der Waals surface area contributed by atoms with Crippen molar-refractivity contribution in [2.45, 2.75) is 38.2 Å². The van der Waals surface area contributed by atoms with E-state index in [4.69, 9.17) is 4.74 Å². The molecule has 6 nitrogen and oxygen atoms in total. The minimum atomic E-state index is -0.362. The number of ether oxygens (including phenoxy) is 1. The molecule has 1 atom stereocenters. The van der Waals surface area contributed by atoms with E-state index in [9.17, 15) is 9.59 Å². The van der Waals surface area contributed by atoms with Crippen molar-refractivity contribution in [1.82, 2.24) is 15.3 Å². The number of aromatic nitrogens is 2. The van der Waals surface area contributed by atoms with Gasteiger partial charge in [-0.3, -0.25) is 4.79 Å². The van der Waals surface area contributed by atoms with E-state index in [0.717, 1.165) is 32.3 Å². The Balaban J connectivity index is 1.57. The Morgan fingerprint density at radius 2 is 2.39 bits per heavy atom. The van der Waals surface area contributed by atoms with Crippen molar-refractivity contribution in [2.24, 2.45) is 0 Å². The van der Waals surface area contributed by atoms with E-state index in [-0.39, 0.29) is 17.3 Å². The Labute approximate surface area is 105 Å². The maximum atomic E-state index is 11.6. The molecule has 2 heterocycles. The Hall–Kier alpha value is -1.56. The third-order valence-corrected chi connectivity index (χ3v) is 3.10. The molecule has 6 heteroatoms. The first-order chi connectivity index (χ1) is 8.75. The van der Waals surface area contributed by atoms with Gasteiger partial charge in [-0.2, -0.15) is 0 Å². The molecule has 0 radical (unpaired) electrons. The smallest absolute Gasteiger partial charge is 0.323 e. The van der Waals surface area contributed by atoms with Crippen LogP contribution in [0.1, 0.15) is 42.6 Å². The van der Waals surface area contributed by atoms with Crippen LogP contribution in [0.5, 0.6) is 0 Å². The lowest BCUT2D eigenvalue weighted by Gasteiger charge is -2.08. The number of hydrogen-bond acceptors (Lipinski definition) is 3. The summed E-state index contributed by atoms with van der Waals surface area (Å²) in [5.74, 6) is -0.245. The lowest BCUT2D eigenvalue weighted by atomic mass is 10.1. The lowest BCUT2D eigenvalue weighted by molar-refractivity contribution is 0.0943. The maximum absolute atomic E-state index is 11.6. The highest BCUT2D eigenvalue weighted by Crippen LogP contribution is 2.17. The van der Waals surface area contributed by atoms with Crippen LogP contribution in [0.25, 0.3) is 0 Å². The van der Waals surface area contributed by atoms with Crippen molar-refractivity contribution in [3.8, 4) is 0 Å². The molecular formula is C12H19N3O3. The molecule has 1 aliphatic rings. The zero-order valence-electron chi connectivity index (χ0n) is 10.3. The van der Waals surface area contributed by atoms with Crippen LogP contribution in [0, 0.1) is 0 Å². The first-order valence-electron chi connectivity index (χ1n) is 6.43. The standard InChI is InChI=1S/C12H19N3O3/c16-11(10-8-14-12(17)15-10)13-6-2-1-4-9-5-3-7-18-9/h8-9H,1-7H2,(H,13,16)(H2,14,15,17)/t9-/m0/s1. The van der Waals surface area contributed by atoms with Gasteiger partial charge in [0.2, 0.25) is 0 Å². The van der Waals surface area contributed by atoms with Crippen molar-refractivity contribution in [2.75, 3.05) is 13.2 Å². The molecule has 1 aromatic rings. The summed E-state index contributed by atoms with van der Waals surface area (Å²) >= 11 is 0. The van der Waals surface area contributed by atoms with Crippen molar-refractivity contribution < 1.29 is 9.53 Å². The number of amides is 1. The van der Waals surface area contributed by atoms with Gasteiger partial charge in [0.25, 0.3) is 5.91 Å². The summed E-state index contributed by atoms with van der Waals surface area (Å²) in [4.78, 5) is 27.2. The number of rotatable bonds is 6. The molecule has 0 bridgehead atoms. The predicted molar refractivity (Wildman–Crippen MR) is 66.6 cm³/mol. The van der Waals surface area contributed by atoms with E-state index in [1.54, 1.807) is 0 Å². The van der Waals surface area contributed by atoms with Gasteiger partial charge in [-0.05, 0) is 32.1 Å². The van der Waals surface area contributed by atoms with E-state index in [1.807, 2.05) is 0 Å². The van der Waals surface area contributed by atoms with Gasteiger partial charge in [-0.15, -0.1) is 0 Å². The molecule has 3 N–H and O–H groups in total. The van der Waals surface area contributed by atoms with Crippen LogP contribution in [-0.4, -0.2) is 35.1 Å². The lowest BCUT2D eigenvalue weighted by Crippen LogP contribution is -2.25. The molecule has 2 rings (SSSR count). The fourth-order valence-electron chi connectivity index (χ4n) is 2.12. The Morgan fingerprint density at radius 3 is 3.06 bits per heavy atom. The van der Waals surface area contributed by atoms with E-state index in [0.29, 0.717) is 12.6 Å². The summed E-state index contributed by atoms with van der Waals surface area (Å²) in [5, 5.41) is 2.77. The van der Waals surface area contributed by atoms with Gasteiger partial charge >= 0.3 is 5.69 Å². The number of nitrogens with one attached hydrogen (secondary N) is 3. The van der Waals surface area contributed by atoms with Crippen molar-refractivity contribution in [3.05, 3.63) is 22.4 Å². The summed E-state index contributed by atoms with van der Waals surface area (Å²) in [5.41, 5.74) is -0.0855. The summed E-state index contributed by atoms with van der Waals surface area (Å²) in [7, 11) is 0. The van der Waals surface area contributed by atoms with Gasteiger partial charge in [0.15, 0.2) is 0 Å². The average molecular weight is 253 g/mol. The molecule has 18 heavy (non-hydrogen) atoms. The number of imidazole rings is 1. The second-order valence-electron chi connectivity index (χ2n) is 4.54. The van der Waals surface area contributed by atoms with Gasteiger partial charge < -0.3 is 20.0 Å². The minimum Gasteiger partial charge on any atom is -0.378 e. The molecule has 1 aromatic heterocycles. The number of carbonyl (C=O) groups excluding carboxylic acids is 1. The monoisotopic (exact) mass is 253 g/mol. The van der Waals surface area contributed by atoms with Crippen molar-refractivity contribution in [3.63, 3.8) is 0 Å². The molecule has 100 valence electrons. The van der Waals surface area contributed by atoms with Gasteiger partial charge in [-0.25, -0.2) is 4.79 Å². The molecular weight excluding hydrogens is 234 g/mol. The van der Waals surface area contributed by atoms with Crippen LogP contribution >= 0.6 is 0 Å². The Bertz CT molecular complexity index is 432. The third kappa shape index (κ3) is 3.73. The third-order valence-electron chi connectivity index (χ3n) is 3.10. The highest BCUT2D eigenvalue weighted by atomic mass is 16.5. The van der Waals surface area contributed by atoms with Crippen LogP contribution in [0.15, 0.2) is 11.0 Å². The molecule has 0 saturated carbocycles. The fraction of sp³-hybridized carbons (Fsp3) is 0.667. The molecule has 1 fully saturated rings. The minimum absolute atomic E-state index is 0.245. The van der Waals surface area contributed by atoms with Crippen LogP contribution in [0.2, 0.25) is 0 Å². The van der Waals surface area contributed by atoms with Gasteiger partial charge in [0.05, 0.1) is 6.10 Å². The first kappa shape index (κ1) is 12.9. The highest BCUT2D eigenvalue weighted by Gasteiger charge is 2.14. The summed E-state index contributed by atoms with van der Waals surface area (Å²) < 4.78 is 5.52. The second kappa shape index (κ2) is 6.39. The predicted octanol–water partition coefficient (Wildman–Crippen LogP) is 0.782. The highest BCUT2D eigenvalue weighted by molar-refractivity contribution is 5.91. The average Bonchev–Trinajstić information content (AvgIpc) is 2.99. The topological polar surface area (TPSA) is 87.0 Å². The SMILES string of the molecule is O=C(NCCCC[C@H]1CCCO1)c1c[nH]c(=O)[nH]1. The Kier molecular flexibility index (Phi) is 4.58. The number of unbranched alkanes of at least 4 members (excludes halogenated alkanes) is 1. The number of H-pyrrole nitrogens is 2. The summed E-state index contributed by atoms with van der Waals surface area (Å²) in [6.45, 7) is 1.51. The van der Waals surface area contributed by atoms with Crippen LogP contribution in [0.4, 0.5) is 0 Å².